The van der Waals surface area contributed by atoms with Gasteiger partial charge in [-0.1, -0.05) is 60.7 Å². The molecule has 0 radical (unpaired) electrons. The third-order valence-electron chi connectivity index (χ3n) is 3.53. The molecule has 0 amide bonds. The molecular formula is C19H15NO3. The van der Waals surface area contributed by atoms with Crippen LogP contribution in [0.2, 0.25) is 0 Å². The van der Waals surface area contributed by atoms with E-state index in [9.17, 15) is 10.1 Å². The van der Waals surface area contributed by atoms with E-state index in [1.807, 2.05) is 66.7 Å². The maximum Gasteiger partial charge on any atom is 0.235 e. The zero-order chi connectivity index (χ0) is 16.1. The summed E-state index contributed by atoms with van der Waals surface area (Å²) in [5.41, 5.74) is 1.76. The van der Waals surface area contributed by atoms with Crippen LogP contribution in [0.1, 0.15) is 11.1 Å². The highest BCUT2D eigenvalue weighted by atomic mass is 16.6. The molecule has 0 spiro atoms. The second kappa shape index (κ2) is 6.75. The fourth-order valence-corrected chi connectivity index (χ4v) is 2.44. The third-order valence-corrected chi connectivity index (χ3v) is 3.53. The molecule has 3 rings (SSSR count). The zero-order valence-corrected chi connectivity index (χ0v) is 12.4. The number of ether oxygens (including phenoxy) is 1. The molecule has 0 aliphatic rings. The first-order valence-electron chi connectivity index (χ1n) is 7.24. The van der Waals surface area contributed by atoms with Crippen LogP contribution in [-0.2, 0) is 6.61 Å². The predicted octanol–water partition coefficient (Wildman–Crippen LogP) is 4.67. The lowest BCUT2D eigenvalue weighted by atomic mass is 10.0. The SMILES string of the molecule is O=[N+]([O-])C=Cc1c(OCc2ccccc2)ccc2ccccc12. The number of benzene rings is 3. The van der Waals surface area contributed by atoms with E-state index in [1.165, 1.54) is 6.08 Å². The Morgan fingerprint density at radius 3 is 2.48 bits per heavy atom. The van der Waals surface area contributed by atoms with Gasteiger partial charge < -0.3 is 4.74 Å². The van der Waals surface area contributed by atoms with Crippen molar-refractivity contribution < 1.29 is 9.66 Å². The number of hydrogen-bond donors (Lipinski definition) is 0. The molecule has 0 aromatic heterocycles. The van der Waals surface area contributed by atoms with E-state index in [0.29, 0.717) is 12.4 Å². The van der Waals surface area contributed by atoms with Gasteiger partial charge in [0.25, 0.3) is 0 Å². The zero-order valence-electron chi connectivity index (χ0n) is 12.4. The number of fused-ring (bicyclic) bond motifs is 1. The quantitative estimate of drug-likeness (QED) is 0.508. The molecule has 0 saturated carbocycles. The average Bonchev–Trinajstić information content (AvgIpc) is 2.59. The Bertz CT molecular complexity index is 857. The van der Waals surface area contributed by atoms with Crippen LogP contribution in [0.25, 0.3) is 16.8 Å². The summed E-state index contributed by atoms with van der Waals surface area (Å²) in [4.78, 5) is 10.2. The summed E-state index contributed by atoms with van der Waals surface area (Å²) in [6.07, 6.45) is 2.43. The maximum atomic E-state index is 10.7. The number of hydrogen-bond acceptors (Lipinski definition) is 3. The smallest absolute Gasteiger partial charge is 0.235 e. The first-order valence-corrected chi connectivity index (χ1v) is 7.24. The number of rotatable bonds is 5. The van der Waals surface area contributed by atoms with Crippen LogP contribution in [0.4, 0.5) is 0 Å². The van der Waals surface area contributed by atoms with Crippen LogP contribution in [-0.4, -0.2) is 4.92 Å². The van der Waals surface area contributed by atoms with Gasteiger partial charge in [-0.3, -0.25) is 10.1 Å². The Balaban J connectivity index is 1.98. The van der Waals surface area contributed by atoms with E-state index in [4.69, 9.17) is 4.74 Å². The molecule has 0 heterocycles. The Labute approximate surface area is 133 Å². The summed E-state index contributed by atoms with van der Waals surface area (Å²) < 4.78 is 5.89. The lowest BCUT2D eigenvalue weighted by Crippen LogP contribution is -1.97. The van der Waals surface area contributed by atoms with Crippen LogP contribution in [0.15, 0.2) is 72.9 Å². The van der Waals surface area contributed by atoms with Gasteiger partial charge in [-0.05, 0) is 22.4 Å². The highest BCUT2D eigenvalue weighted by Gasteiger charge is 2.08. The van der Waals surface area contributed by atoms with E-state index in [0.717, 1.165) is 28.1 Å². The standard InChI is InChI=1S/C19H15NO3/c21-20(22)13-12-18-17-9-5-4-8-16(17)10-11-19(18)23-14-15-6-2-1-3-7-15/h1-13H,14H2. The molecule has 0 fully saturated rings. The van der Waals surface area contributed by atoms with Crippen molar-refractivity contribution >= 4 is 16.8 Å². The molecule has 0 unspecified atom stereocenters. The van der Waals surface area contributed by atoms with Gasteiger partial charge in [0.2, 0.25) is 6.20 Å². The van der Waals surface area contributed by atoms with Crippen molar-refractivity contribution in [2.75, 3.05) is 0 Å². The molecule has 0 bridgehead atoms. The minimum Gasteiger partial charge on any atom is -0.488 e. The van der Waals surface area contributed by atoms with Crippen molar-refractivity contribution in [3.05, 3.63) is 94.2 Å². The van der Waals surface area contributed by atoms with Crippen molar-refractivity contribution in [2.24, 2.45) is 0 Å². The molecule has 0 atom stereocenters. The third kappa shape index (κ3) is 3.55. The predicted molar refractivity (Wildman–Crippen MR) is 90.8 cm³/mol. The normalized spacial score (nSPS) is 11.0. The highest BCUT2D eigenvalue weighted by Crippen LogP contribution is 2.30. The van der Waals surface area contributed by atoms with Gasteiger partial charge in [0.05, 0.1) is 4.92 Å². The minimum atomic E-state index is -0.469. The molecule has 3 aromatic carbocycles. The Hall–Kier alpha value is -3.14. The molecule has 4 nitrogen and oxygen atoms in total. The van der Waals surface area contributed by atoms with Gasteiger partial charge in [-0.2, -0.15) is 0 Å². The van der Waals surface area contributed by atoms with Crippen LogP contribution in [0.5, 0.6) is 5.75 Å². The topological polar surface area (TPSA) is 52.4 Å². The van der Waals surface area contributed by atoms with Crippen molar-refractivity contribution in [3.63, 3.8) is 0 Å². The molecule has 0 aliphatic heterocycles. The lowest BCUT2D eigenvalue weighted by molar-refractivity contribution is -0.400. The lowest BCUT2D eigenvalue weighted by Gasteiger charge is -2.11. The van der Waals surface area contributed by atoms with E-state index in [-0.39, 0.29) is 0 Å². The molecule has 0 N–H and O–H groups in total. The summed E-state index contributed by atoms with van der Waals surface area (Å²) in [5, 5.41) is 12.6. The molecule has 23 heavy (non-hydrogen) atoms. The molecular weight excluding hydrogens is 290 g/mol. The van der Waals surface area contributed by atoms with Crippen molar-refractivity contribution in [1.29, 1.82) is 0 Å². The van der Waals surface area contributed by atoms with Crippen LogP contribution in [0, 0.1) is 10.1 Å². The fraction of sp³-hybridized carbons (Fsp3) is 0.0526. The van der Waals surface area contributed by atoms with Crippen molar-refractivity contribution in [3.8, 4) is 5.75 Å². The molecule has 4 heteroatoms. The van der Waals surface area contributed by atoms with Crippen LogP contribution in [0.3, 0.4) is 0 Å². The van der Waals surface area contributed by atoms with Gasteiger partial charge in [-0.25, -0.2) is 0 Å². The van der Waals surface area contributed by atoms with E-state index >= 15 is 0 Å². The maximum absolute atomic E-state index is 10.7. The molecule has 0 aliphatic carbocycles. The summed E-state index contributed by atoms with van der Waals surface area (Å²) in [6, 6.07) is 21.4. The summed E-state index contributed by atoms with van der Waals surface area (Å²) in [7, 11) is 0. The second-order valence-corrected chi connectivity index (χ2v) is 5.07. The van der Waals surface area contributed by atoms with Gasteiger partial charge in [0, 0.05) is 11.6 Å². The molecule has 0 saturated heterocycles. The van der Waals surface area contributed by atoms with Gasteiger partial charge in [0.1, 0.15) is 12.4 Å². The van der Waals surface area contributed by atoms with Crippen molar-refractivity contribution in [2.45, 2.75) is 6.61 Å². The van der Waals surface area contributed by atoms with Crippen LogP contribution < -0.4 is 4.74 Å². The Kier molecular flexibility index (Phi) is 4.34. The largest absolute Gasteiger partial charge is 0.488 e. The van der Waals surface area contributed by atoms with E-state index in [1.54, 1.807) is 0 Å². The fourth-order valence-electron chi connectivity index (χ4n) is 2.44. The average molecular weight is 305 g/mol. The first kappa shape index (κ1) is 14.8. The summed E-state index contributed by atoms with van der Waals surface area (Å²) in [6.45, 7) is 0.415. The Morgan fingerprint density at radius 1 is 0.957 bits per heavy atom. The van der Waals surface area contributed by atoms with Crippen molar-refractivity contribution in [1.82, 2.24) is 0 Å². The molecule has 114 valence electrons. The van der Waals surface area contributed by atoms with Crippen LogP contribution >= 0.6 is 0 Å². The van der Waals surface area contributed by atoms with Gasteiger partial charge in [-0.15, -0.1) is 0 Å². The van der Waals surface area contributed by atoms with Gasteiger partial charge >= 0.3 is 0 Å². The monoisotopic (exact) mass is 305 g/mol. The van der Waals surface area contributed by atoms with E-state index in [2.05, 4.69) is 0 Å². The van der Waals surface area contributed by atoms with E-state index < -0.39 is 4.92 Å². The summed E-state index contributed by atoms with van der Waals surface area (Å²) in [5.74, 6) is 0.630. The summed E-state index contributed by atoms with van der Waals surface area (Å²) >= 11 is 0. The first-order chi connectivity index (χ1) is 11.2. The number of nitrogens with zero attached hydrogens (tertiary/aromatic N) is 1. The second-order valence-electron chi connectivity index (χ2n) is 5.07. The number of nitro groups is 1. The van der Waals surface area contributed by atoms with Gasteiger partial charge in [0.15, 0.2) is 0 Å². The minimum absolute atomic E-state index is 0.415. The highest BCUT2D eigenvalue weighted by molar-refractivity contribution is 5.93. The molecule has 3 aromatic rings. The Morgan fingerprint density at radius 2 is 1.70 bits per heavy atom.